The molecule has 1 fully saturated rings. The molecule has 1 saturated carbocycles. The second-order valence-electron chi connectivity index (χ2n) is 10.9. The number of carbonyl (C=O) groups excluding carboxylic acids is 2. The van der Waals surface area contributed by atoms with Crippen molar-refractivity contribution in [3.63, 3.8) is 0 Å². The summed E-state index contributed by atoms with van der Waals surface area (Å²) in [5, 5.41) is 3.16. The van der Waals surface area contributed by atoms with Crippen molar-refractivity contribution in [3.05, 3.63) is 95.6 Å². The number of rotatable bonds is 12. The maximum absolute atomic E-state index is 14.2. The largest absolute Gasteiger partial charge is 0.352 e. The minimum absolute atomic E-state index is 0.106. The van der Waals surface area contributed by atoms with Gasteiger partial charge in [-0.15, -0.1) is 0 Å². The highest BCUT2D eigenvalue weighted by atomic mass is 32.2. The summed E-state index contributed by atoms with van der Waals surface area (Å²) in [6.07, 6.45) is 5.02. The number of benzene rings is 3. The van der Waals surface area contributed by atoms with Gasteiger partial charge in [0.05, 0.1) is 10.6 Å². The maximum atomic E-state index is 14.2. The number of carbonyl (C=O) groups is 2. The van der Waals surface area contributed by atoms with Crippen LogP contribution in [0.5, 0.6) is 0 Å². The molecule has 4 rings (SSSR count). The van der Waals surface area contributed by atoms with E-state index in [0.717, 1.165) is 42.4 Å². The van der Waals surface area contributed by atoms with Crippen molar-refractivity contribution in [2.75, 3.05) is 17.4 Å². The summed E-state index contributed by atoms with van der Waals surface area (Å²) in [6.45, 7) is 5.56. The molecule has 218 valence electrons. The summed E-state index contributed by atoms with van der Waals surface area (Å²) in [5.74, 6) is -0.585. The number of sulfonamides is 1. The Morgan fingerprint density at radius 2 is 1.56 bits per heavy atom. The Kier molecular flexibility index (Phi) is 10.2. The van der Waals surface area contributed by atoms with Crippen LogP contribution in [0.15, 0.2) is 83.8 Å². The number of anilines is 1. The predicted octanol–water partition coefficient (Wildman–Crippen LogP) is 5.41. The Hall–Kier alpha value is -3.65. The Balaban J connectivity index is 1.69. The van der Waals surface area contributed by atoms with Crippen molar-refractivity contribution in [2.24, 2.45) is 0 Å². The zero-order chi connectivity index (χ0) is 29.4. The average molecular weight is 576 g/mol. The lowest BCUT2D eigenvalue weighted by Gasteiger charge is -2.34. The number of hydrogen-bond acceptors (Lipinski definition) is 4. The molecule has 0 spiro atoms. The van der Waals surface area contributed by atoms with Crippen LogP contribution in [-0.4, -0.2) is 50.3 Å². The first-order chi connectivity index (χ1) is 19.7. The van der Waals surface area contributed by atoms with Crippen LogP contribution in [0.1, 0.15) is 55.7 Å². The van der Waals surface area contributed by atoms with Gasteiger partial charge < -0.3 is 10.2 Å². The summed E-state index contributed by atoms with van der Waals surface area (Å²) in [7, 11) is -4.07. The lowest BCUT2D eigenvalue weighted by atomic mass is 10.1. The van der Waals surface area contributed by atoms with Gasteiger partial charge in [0.15, 0.2) is 0 Å². The summed E-state index contributed by atoms with van der Waals surface area (Å²) >= 11 is 0. The van der Waals surface area contributed by atoms with E-state index in [9.17, 15) is 18.0 Å². The lowest BCUT2D eigenvalue weighted by Crippen LogP contribution is -2.54. The third-order valence-electron chi connectivity index (χ3n) is 7.80. The fraction of sp³-hybridized carbons (Fsp3) is 0.394. The van der Waals surface area contributed by atoms with Gasteiger partial charge in [-0.1, -0.05) is 86.0 Å². The molecule has 1 aliphatic rings. The quantitative estimate of drug-likeness (QED) is 0.313. The van der Waals surface area contributed by atoms with E-state index in [4.69, 9.17) is 0 Å². The Morgan fingerprint density at radius 1 is 0.927 bits per heavy atom. The van der Waals surface area contributed by atoms with E-state index in [1.165, 1.54) is 16.4 Å². The topological polar surface area (TPSA) is 86.8 Å². The molecule has 3 aromatic carbocycles. The second kappa shape index (κ2) is 13.8. The van der Waals surface area contributed by atoms with E-state index in [1.807, 2.05) is 63.2 Å². The van der Waals surface area contributed by atoms with Crippen LogP contribution in [-0.2, 0) is 26.0 Å². The third kappa shape index (κ3) is 7.55. The average Bonchev–Trinajstić information content (AvgIpc) is 3.48. The van der Waals surface area contributed by atoms with E-state index in [1.54, 1.807) is 29.2 Å². The number of nitrogens with zero attached hydrogens (tertiary/aromatic N) is 2. The molecule has 2 amide bonds. The van der Waals surface area contributed by atoms with E-state index in [-0.39, 0.29) is 16.8 Å². The smallest absolute Gasteiger partial charge is 0.264 e. The standard InChI is InChI=1S/C33H41N3O4S/c1-4-30(33(38)34-28-15-11-12-16-28)35(22-21-27-13-7-5-8-14-27)32(37)24-36(31-20-19-25(2)23-26(31)3)41(39,40)29-17-9-6-10-18-29/h5-10,13-14,17-20,23,28,30H,4,11-12,15-16,21-22,24H2,1-3H3,(H,34,38)/t30-/m1/s1. The van der Waals surface area contributed by atoms with E-state index >= 15 is 0 Å². The van der Waals surface area contributed by atoms with Crippen LogP contribution in [0.3, 0.4) is 0 Å². The number of hydrogen-bond donors (Lipinski definition) is 1. The highest BCUT2D eigenvalue weighted by Crippen LogP contribution is 2.28. The summed E-state index contributed by atoms with van der Waals surface area (Å²) < 4.78 is 29.2. The van der Waals surface area contributed by atoms with Gasteiger partial charge in [0, 0.05) is 12.6 Å². The molecule has 8 heteroatoms. The molecular formula is C33H41N3O4S. The molecule has 0 unspecified atom stereocenters. The van der Waals surface area contributed by atoms with E-state index < -0.39 is 28.5 Å². The first kappa shape index (κ1) is 30.3. The highest BCUT2D eigenvalue weighted by Gasteiger charge is 2.34. The molecule has 0 saturated heterocycles. The second-order valence-corrected chi connectivity index (χ2v) is 12.7. The normalized spacial score (nSPS) is 14.4. The predicted molar refractivity (Wildman–Crippen MR) is 163 cm³/mol. The fourth-order valence-electron chi connectivity index (χ4n) is 5.58. The van der Waals surface area contributed by atoms with Crippen molar-refractivity contribution in [3.8, 4) is 0 Å². The summed E-state index contributed by atoms with van der Waals surface area (Å²) in [5.41, 5.74) is 3.23. The molecule has 0 heterocycles. The van der Waals surface area contributed by atoms with Crippen molar-refractivity contribution < 1.29 is 18.0 Å². The van der Waals surface area contributed by atoms with Gasteiger partial charge >= 0.3 is 0 Å². The molecule has 0 bridgehead atoms. The van der Waals surface area contributed by atoms with Crippen molar-refractivity contribution in [2.45, 2.75) is 76.3 Å². The first-order valence-corrected chi connectivity index (χ1v) is 15.9. The molecule has 1 N–H and O–H groups in total. The Bertz CT molecular complexity index is 1420. The Morgan fingerprint density at radius 3 is 2.17 bits per heavy atom. The molecular weight excluding hydrogens is 534 g/mol. The number of nitrogens with one attached hydrogen (secondary N) is 1. The number of amides is 2. The van der Waals surface area contributed by atoms with Crippen LogP contribution in [0.4, 0.5) is 5.69 Å². The lowest BCUT2D eigenvalue weighted by molar-refractivity contribution is -0.139. The molecule has 1 aliphatic carbocycles. The minimum atomic E-state index is -4.07. The van der Waals surface area contributed by atoms with Gasteiger partial charge in [-0.25, -0.2) is 8.42 Å². The van der Waals surface area contributed by atoms with Gasteiger partial charge in [0.1, 0.15) is 12.6 Å². The Labute approximate surface area is 244 Å². The molecule has 1 atom stereocenters. The van der Waals surface area contributed by atoms with Crippen LogP contribution in [0.2, 0.25) is 0 Å². The van der Waals surface area contributed by atoms with Gasteiger partial charge in [0.2, 0.25) is 11.8 Å². The highest BCUT2D eigenvalue weighted by molar-refractivity contribution is 7.92. The zero-order valence-corrected chi connectivity index (χ0v) is 25.1. The van der Waals surface area contributed by atoms with Gasteiger partial charge in [-0.2, -0.15) is 0 Å². The van der Waals surface area contributed by atoms with E-state index in [2.05, 4.69) is 5.32 Å². The fourth-order valence-corrected chi connectivity index (χ4v) is 7.08. The van der Waals surface area contributed by atoms with Crippen molar-refractivity contribution >= 4 is 27.5 Å². The molecule has 0 aliphatic heterocycles. The minimum Gasteiger partial charge on any atom is -0.352 e. The maximum Gasteiger partial charge on any atom is 0.264 e. The molecule has 0 radical (unpaired) electrons. The van der Waals surface area contributed by atoms with Crippen molar-refractivity contribution in [1.82, 2.24) is 10.2 Å². The van der Waals surface area contributed by atoms with Crippen molar-refractivity contribution in [1.29, 1.82) is 0 Å². The molecule has 3 aromatic rings. The molecule has 7 nitrogen and oxygen atoms in total. The third-order valence-corrected chi connectivity index (χ3v) is 9.58. The van der Waals surface area contributed by atoms with Crippen LogP contribution < -0.4 is 9.62 Å². The van der Waals surface area contributed by atoms with E-state index in [0.29, 0.717) is 25.1 Å². The monoisotopic (exact) mass is 575 g/mol. The van der Waals surface area contributed by atoms with Crippen LogP contribution in [0.25, 0.3) is 0 Å². The molecule has 41 heavy (non-hydrogen) atoms. The molecule has 0 aromatic heterocycles. The van der Waals surface area contributed by atoms with Crippen LogP contribution >= 0.6 is 0 Å². The zero-order valence-electron chi connectivity index (χ0n) is 24.3. The summed E-state index contributed by atoms with van der Waals surface area (Å²) in [6, 6.07) is 22.9. The van der Waals surface area contributed by atoms with Gasteiger partial charge in [-0.3, -0.25) is 13.9 Å². The van der Waals surface area contributed by atoms with Gasteiger partial charge in [-0.05, 0) is 68.9 Å². The first-order valence-electron chi connectivity index (χ1n) is 14.5. The SMILES string of the molecule is CC[C@H](C(=O)NC1CCCC1)N(CCc1ccccc1)C(=O)CN(c1ccc(C)cc1C)S(=O)(=O)c1ccccc1. The van der Waals surface area contributed by atoms with Crippen LogP contribution in [0, 0.1) is 13.8 Å². The summed E-state index contributed by atoms with van der Waals surface area (Å²) in [4.78, 5) is 29.4. The van der Waals surface area contributed by atoms with Gasteiger partial charge in [0.25, 0.3) is 10.0 Å². The number of aryl methyl sites for hydroxylation is 2.